The van der Waals surface area contributed by atoms with E-state index in [1.54, 1.807) is 24.7 Å². The number of nitrogens with one attached hydrogen (secondary N) is 1. The average Bonchev–Trinajstić information content (AvgIpc) is 3.23. The molecule has 158 valence electrons. The van der Waals surface area contributed by atoms with Gasteiger partial charge >= 0.3 is 5.97 Å². The van der Waals surface area contributed by atoms with Crippen LogP contribution in [0, 0.1) is 11.3 Å². The van der Waals surface area contributed by atoms with Crippen LogP contribution in [0.3, 0.4) is 0 Å². The first-order valence-electron chi connectivity index (χ1n) is 10.2. The van der Waals surface area contributed by atoms with Crippen LogP contribution in [0.1, 0.15) is 80.3 Å². The highest BCUT2D eigenvalue weighted by Crippen LogP contribution is 2.38. The quantitative estimate of drug-likeness (QED) is 0.763. The van der Waals surface area contributed by atoms with E-state index in [9.17, 15) is 9.59 Å². The van der Waals surface area contributed by atoms with Gasteiger partial charge in [0, 0.05) is 24.7 Å². The van der Waals surface area contributed by atoms with Gasteiger partial charge in [0.15, 0.2) is 11.4 Å². The lowest BCUT2D eigenvalue weighted by molar-refractivity contribution is 0.0371. The highest BCUT2D eigenvalue weighted by molar-refractivity contribution is 6.07. The van der Waals surface area contributed by atoms with Crippen molar-refractivity contribution in [1.82, 2.24) is 14.9 Å². The molecule has 0 bridgehead atoms. The van der Waals surface area contributed by atoms with E-state index in [1.165, 1.54) is 0 Å². The normalized spacial score (nSPS) is 16.6. The number of ether oxygens (including phenoxy) is 1. The van der Waals surface area contributed by atoms with Crippen LogP contribution in [-0.4, -0.2) is 32.9 Å². The molecule has 1 unspecified atom stereocenters. The third-order valence-corrected chi connectivity index (χ3v) is 5.35. The van der Waals surface area contributed by atoms with Crippen molar-refractivity contribution in [2.45, 2.75) is 73.5 Å². The molecular formula is C21H30N4O4. The summed E-state index contributed by atoms with van der Waals surface area (Å²) in [5.41, 5.74) is 1.67. The van der Waals surface area contributed by atoms with Gasteiger partial charge in [-0.2, -0.15) is 5.10 Å². The molecule has 2 heterocycles. The number of anilines is 1. The van der Waals surface area contributed by atoms with Gasteiger partial charge in [-0.3, -0.25) is 9.48 Å². The van der Waals surface area contributed by atoms with Gasteiger partial charge in [0.2, 0.25) is 0 Å². The molecule has 3 rings (SSSR count). The van der Waals surface area contributed by atoms with Crippen LogP contribution in [0.25, 0.3) is 0 Å². The van der Waals surface area contributed by atoms with E-state index >= 15 is 0 Å². The number of rotatable bonds is 5. The molecule has 0 aromatic carbocycles. The lowest BCUT2D eigenvalue weighted by Crippen LogP contribution is -2.27. The zero-order valence-corrected chi connectivity index (χ0v) is 18.0. The first kappa shape index (κ1) is 21.1. The van der Waals surface area contributed by atoms with Crippen molar-refractivity contribution in [1.29, 1.82) is 0 Å². The second kappa shape index (κ2) is 8.00. The fourth-order valence-electron chi connectivity index (χ4n) is 3.60. The number of hydrogen-bond acceptors (Lipinski definition) is 6. The molecule has 2 aromatic rings. The molecule has 1 aliphatic rings. The molecule has 8 heteroatoms. The summed E-state index contributed by atoms with van der Waals surface area (Å²) in [6, 6.07) is 0. The molecule has 0 saturated carbocycles. The molecule has 1 aliphatic carbocycles. The van der Waals surface area contributed by atoms with Crippen molar-refractivity contribution in [2.75, 3.05) is 5.32 Å². The van der Waals surface area contributed by atoms with Crippen LogP contribution in [0.15, 0.2) is 10.7 Å². The minimum absolute atomic E-state index is 0.0823. The molecule has 0 spiro atoms. The number of esters is 1. The highest BCUT2D eigenvalue weighted by atomic mass is 16.5. The third-order valence-electron chi connectivity index (χ3n) is 5.35. The Morgan fingerprint density at radius 2 is 2.07 bits per heavy atom. The topological polar surface area (TPSA) is 99.2 Å². The van der Waals surface area contributed by atoms with Crippen LogP contribution >= 0.6 is 0 Å². The van der Waals surface area contributed by atoms with E-state index < -0.39 is 11.9 Å². The minimum Gasteiger partial charge on any atom is -0.458 e. The Balaban J connectivity index is 1.85. The number of hydrogen-bond donors (Lipinski definition) is 1. The van der Waals surface area contributed by atoms with Crippen molar-refractivity contribution in [3.8, 4) is 0 Å². The average molecular weight is 402 g/mol. The maximum absolute atomic E-state index is 13.0. The van der Waals surface area contributed by atoms with Gasteiger partial charge in [-0.05, 0) is 44.9 Å². The molecule has 29 heavy (non-hydrogen) atoms. The standard InChI is InChI=1S/C21H30N4O4/c1-7-25-11-15(18(23-25)20(27)28-12(2)3)22-19(26)17-14-10-13(21(4,5)6)8-9-16(14)29-24-17/h11-13H,7-10H2,1-6H3,(H,22,26). The van der Waals surface area contributed by atoms with Crippen LogP contribution in [0.2, 0.25) is 0 Å². The van der Waals surface area contributed by atoms with Gasteiger partial charge in [0.05, 0.1) is 11.8 Å². The van der Waals surface area contributed by atoms with E-state index in [2.05, 4.69) is 36.3 Å². The van der Waals surface area contributed by atoms with E-state index in [0.29, 0.717) is 18.2 Å². The van der Waals surface area contributed by atoms with Crippen molar-refractivity contribution in [2.24, 2.45) is 11.3 Å². The predicted octanol–water partition coefficient (Wildman–Crippen LogP) is 3.86. The minimum atomic E-state index is -0.572. The summed E-state index contributed by atoms with van der Waals surface area (Å²) in [7, 11) is 0. The molecule has 0 radical (unpaired) electrons. The molecule has 8 nitrogen and oxygen atoms in total. The van der Waals surface area contributed by atoms with Gasteiger partial charge in [-0.15, -0.1) is 0 Å². The third kappa shape index (κ3) is 4.52. The monoisotopic (exact) mass is 402 g/mol. The summed E-state index contributed by atoms with van der Waals surface area (Å²) in [5, 5.41) is 11.0. The van der Waals surface area contributed by atoms with Gasteiger partial charge in [-0.1, -0.05) is 25.9 Å². The zero-order chi connectivity index (χ0) is 21.3. The summed E-state index contributed by atoms with van der Waals surface area (Å²) in [6.45, 7) is 12.6. The Hall–Kier alpha value is -2.64. The summed E-state index contributed by atoms with van der Waals surface area (Å²) in [4.78, 5) is 25.4. The second-order valence-electron chi connectivity index (χ2n) is 8.89. The van der Waals surface area contributed by atoms with Gasteiger partial charge in [0.25, 0.3) is 5.91 Å². The smallest absolute Gasteiger partial charge is 0.361 e. The molecule has 1 atom stereocenters. The summed E-state index contributed by atoms with van der Waals surface area (Å²) in [5.74, 6) is 0.246. The lowest BCUT2D eigenvalue weighted by Gasteiger charge is -2.33. The lowest BCUT2D eigenvalue weighted by atomic mass is 9.71. The second-order valence-corrected chi connectivity index (χ2v) is 8.89. The van der Waals surface area contributed by atoms with Crippen LogP contribution < -0.4 is 5.32 Å². The highest BCUT2D eigenvalue weighted by Gasteiger charge is 2.34. The molecule has 0 fully saturated rings. The number of aryl methyl sites for hydroxylation is 2. The summed E-state index contributed by atoms with van der Waals surface area (Å²) < 4.78 is 12.3. The van der Waals surface area contributed by atoms with Gasteiger partial charge in [-0.25, -0.2) is 4.79 Å². The zero-order valence-electron chi connectivity index (χ0n) is 18.0. The SMILES string of the molecule is CCn1cc(NC(=O)c2noc3c2CC(C(C)(C)C)CC3)c(C(=O)OC(C)C)n1. The van der Waals surface area contributed by atoms with Crippen LogP contribution in [0.4, 0.5) is 5.69 Å². The summed E-state index contributed by atoms with van der Waals surface area (Å²) in [6.07, 6.45) is 3.88. The van der Waals surface area contributed by atoms with E-state index in [0.717, 1.165) is 30.6 Å². The van der Waals surface area contributed by atoms with E-state index in [-0.39, 0.29) is 22.9 Å². The number of fused-ring (bicyclic) bond motifs is 1. The van der Waals surface area contributed by atoms with Crippen LogP contribution in [-0.2, 0) is 24.1 Å². The molecule has 2 aromatic heterocycles. The van der Waals surface area contributed by atoms with Gasteiger partial charge in [0.1, 0.15) is 5.76 Å². The number of carbonyl (C=O) groups excluding carboxylic acids is 2. The maximum Gasteiger partial charge on any atom is 0.361 e. The van der Waals surface area contributed by atoms with Crippen molar-refractivity contribution < 1.29 is 18.8 Å². The summed E-state index contributed by atoms with van der Waals surface area (Å²) >= 11 is 0. The number of carbonyl (C=O) groups is 2. The Bertz CT molecular complexity index is 904. The van der Waals surface area contributed by atoms with E-state index in [1.807, 2.05) is 6.92 Å². The van der Waals surface area contributed by atoms with Crippen molar-refractivity contribution >= 4 is 17.6 Å². The predicted molar refractivity (Wildman–Crippen MR) is 108 cm³/mol. The van der Waals surface area contributed by atoms with E-state index in [4.69, 9.17) is 9.26 Å². The fourth-order valence-corrected chi connectivity index (χ4v) is 3.60. The molecule has 1 N–H and O–H groups in total. The van der Waals surface area contributed by atoms with Gasteiger partial charge < -0.3 is 14.6 Å². The molecule has 1 amide bonds. The Labute approximate surface area is 171 Å². The van der Waals surface area contributed by atoms with Crippen molar-refractivity contribution in [3.63, 3.8) is 0 Å². The number of amides is 1. The number of aromatic nitrogens is 3. The fraction of sp³-hybridized carbons (Fsp3) is 0.619. The van der Waals surface area contributed by atoms with Crippen LogP contribution in [0.5, 0.6) is 0 Å². The molecular weight excluding hydrogens is 372 g/mol. The Kier molecular flexibility index (Phi) is 5.82. The maximum atomic E-state index is 13.0. The molecule has 0 saturated heterocycles. The Morgan fingerprint density at radius 3 is 2.69 bits per heavy atom. The van der Waals surface area contributed by atoms with Crippen molar-refractivity contribution in [3.05, 3.63) is 28.9 Å². The first-order valence-corrected chi connectivity index (χ1v) is 10.2. The largest absolute Gasteiger partial charge is 0.458 e. The first-order chi connectivity index (χ1) is 13.6. The number of nitrogens with zero attached hydrogens (tertiary/aromatic N) is 3. The molecule has 0 aliphatic heterocycles. The Morgan fingerprint density at radius 1 is 1.34 bits per heavy atom.